The lowest BCUT2D eigenvalue weighted by Crippen LogP contribution is -2.34. The number of rotatable bonds is 4. The Hall–Kier alpha value is -2.24. The molecule has 114 valence electrons. The molecule has 21 heavy (non-hydrogen) atoms. The van der Waals surface area contributed by atoms with E-state index in [1.54, 1.807) is 30.2 Å². The second-order valence-electron chi connectivity index (χ2n) is 5.29. The van der Waals surface area contributed by atoms with Crippen LogP contribution in [-0.2, 0) is 4.79 Å². The fraction of sp³-hybridized carbons (Fsp3) is 0.467. The lowest BCUT2D eigenvalue weighted by atomic mass is 10.2. The summed E-state index contributed by atoms with van der Waals surface area (Å²) in [5.41, 5.74) is 1.32. The van der Waals surface area contributed by atoms with Gasteiger partial charge in [-0.2, -0.15) is 0 Å². The van der Waals surface area contributed by atoms with Gasteiger partial charge in [0.15, 0.2) is 0 Å². The van der Waals surface area contributed by atoms with Gasteiger partial charge in [-0.3, -0.25) is 4.79 Å². The first-order chi connectivity index (χ1) is 10.0. The number of carbonyl (C=O) groups excluding carboxylic acids is 2. The van der Waals surface area contributed by atoms with Gasteiger partial charge in [-0.1, -0.05) is 0 Å². The van der Waals surface area contributed by atoms with Gasteiger partial charge >= 0.3 is 6.03 Å². The Morgan fingerprint density at radius 3 is 2.71 bits per heavy atom. The van der Waals surface area contributed by atoms with Gasteiger partial charge in [0.05, 0.1) is 12.8 Å². The fourth-order valence-corrected chi connectivity index (χ4v) is 2.31. The van der Waals surface area contributed by atoms with Crippen molar-refractivity contribution in [2.75, 3.05) is 23.9 Å². The van der Waals surface area contributed by atoms with E-state index in [0.29, 0.717) is 30.1 Å². The molecule has 1 aromatic carbocycles. The van der Waals surface area contributed by atoms with E-state index in [-0.39, 0.29) is 18.0 Å². The third-order valence-electron chi connectivity index (χ3n) is 3.22. The Morgan fingerprint density at radius 2 is 2.14 bits per heavy atom. The maximum Gasteiger partial charge on any atom is 0.319 e. The van der Waals surface area contributed by atoms with Gasteiger partial charge in [0.25, 0.3) is 0 Å². The second kappa shape index (κ2) is 6.47. The Bertz CT molecular complexity index is 543. The summed E-state index contributed by atoms with van der Waals surface area (Å²) in [6.45, 7) is 4.46. The summed E-state index contributed by atoms with van der Waals surface area (Å²) in [5, 5.41) is 5.52. The monoisotopic (exact) mass is 291 g/mol. The first kappa shape index (κ1) is 15.2. The van der Waals surface area contributed by atoms with Gasteiger partial charge in [-0.25, -0.2) is 4.79 Å². The van der Waals surface area contributed by atoms with Gasteiger partial charge in [-0.15, -0.1) is 0 Å². The van der Waals surface area contributed by atoms with Crippen molar-refractivity contribution in [1.82, 2.24) is 5.32 Å². The molecule has 6 heteroatoms. The average molecular weight is 291 g/mol. The van der Waals surface area contributed by atoms with Crippen molar-refractivity contribution < 1.29 is 14.3 Å². The van der Waals surface area contributed by atoms with Crippen LogP contribution in [-0.4, -0.2) is 31.6 Å². The van der Waals surface area contributed by atoms with E-state index in [2.05, 4.69) is 10.6 Å². The highest BCUT2D eigenvalue weighted by Crippen LogP contribution is 2.33. The van der Waals surface area contributed by atoms with Crippen molar-refractivity contribution in [1.29, 1.82) is 0 Å². The molecule has 3 amide bonds. The zero-order valence-electron chi connectivity index (χ0n) is 12.6. The standard InChI is InChI=1S/C15H21N3O3/c1-10(2)16-15(20)17-11-6-7-13(21-3)12(9-11)18-8-4-5-14(18)19/h6-7,9-10H,4-5,8H2,1-3H3,(H2,16,17,20). The number of methoxy groups -OCH3 is 1. The minimum atomic E-state index is -0.270. The van der Waals surface area contributed by atoms with Crippen LogP contribution >= 0.6 is 0 Å². The molecule has 2 N–H and O–H groups in total. The highest BCUT2D eigenvalue weighted by molar-refractivity contribution is 5.98. The third-order valence-corrected chi connectivity index (χ3v) is 3.22. The number of amides is 3. The number of anilines is 2. The number of benzene rings is 1. The van der Waals surface area contributed by atoms with Gasteiger partial charge in [0.1, 0.15) is 5.75 Å². The SMILES string of the molecule is COc1ccc(NC(=O)NC(C)C)cc1N1CCCC1=O. The van der Waals surface area contributed by atoms with Crippen LogP contribution in [0.5, 0.6) is 5.75 Å². The predicted octanol–water partition coefficient (Wildman–Crippen LogP) is 2.35. The van der Waals surface area contributed by atoms with E-state index in [0.717, 1.165) is 6.42 Å². The lowest BCUT2D eigenvalue weighted by Gasteiger charge is -2.20. The van der Waals surface area contributed by atoms with Crippen molar-refractivity contribution in [3.05, 3.63) is 18.2 Å². The maximum absolute atomic E-state index is 11.9. The summed E-state index contributed by atoms with van der Waals surface area (Å²) >= 11 is 0. The number of carbonyl (C=O) groups is 2. The van der Waals surface area contributed by atoms with Crippen LogP contribution in [0.25, 0.3) is 0 Å². The zero-order valence-corrected chi connectivity index (χ0v) is 12.6. The van der Waals surface area contributed by atoms with Crippen LogP contribution in [0.1, 0.15) is 26.7 Å². The number of nitrogens with one attached hydrogen (secondary N) is 2. The molecule has 1 aliphatic heterocycles. The molecule has 1 fully saturated rings. The van der Waals surface area contributed by atoms with Crippen molar-refractivity contribution in [2.24, 2.45) is 0 Å². The van der Waals surface area contributed by atoms with Gasteiger partial charge < -0.3 is 20.3 Å². The van der Waals surface area contributed by atoms with Crippen LogP contribution in [0.3, 0.4) is 0 Å². The van der Waals surface area contributed by atoms with E-state index in [1.165, 1.54) is 0 Å². The van der Waals surface area contributed by atoms with Crippen molar-refractivity contribution in [2.45, 2.75) is 32.7 Å². The average Bonchev–Trinajstić information content (AvgIpc) is 2.83. The first-order valence-electron chi connectivity index (χ1n) is 7.07. The molecule has 6 nitrogen and oxygen atoms in total. The Labute approximate surface area is 124 Å². The van der Waals surface area contributed by atoms with E-state index >= 15 is 0 Å². The molecule has 1 heterocycles. The minimum Gasteiger partial charge on any atom is -0.495 e. The van der Waals surface area contributed by atoms with Gasteiger partial charge in [0, 0.05) is 24.7 Å². The van der Waals surface area contributed by atoms with Crippen LogP contribution in [0, 0.1) is 0 Å². The smallest absolute Gasteiger partial charge is 0.319 e. The van der Waals surface area contributed by atoms with Crippen LogP contribution in [0.2, 0.25) is 0 Å². The summed E-state index contributed by atoms with van der Waals surface area (Å²) in [5.74, 6) is 0.706. The third kappa shape index (κ3) is 3.65. The maximum atomic E-state index is 11.9. The summed E-state index contributed by atoms with van der Waals surface area (Å²) < 4.78 is 5.31. The molecule has 1 saturated heterocycles. The molecule has 0 bridgehead atoms. The van der Waals surface area contributed by atoms with Crippen LogP contribution in [0.4, 0.5) is 16.2 Å². The summed E-state index contributed by atoms with van der Waals surface area (Å²) in [6, 6.07) is 5.06. The quantitative estimate of drug-likeness (QED) is 0.894. The second-order valence-corrected chi connectivity index (χ2v) is 5.29. The Kier molecular flexibility index (Phi) is 4.67. The minimum absolute atomic E-state index is 0.0582. The van der Waals surface area contributed by atoms with E-state index in [4.69, 9.17) is 4.74 Å². The number of nitrogens with zero attached hydrogens (tertiary/aromatic N) is 1. The molecule has 0 radical (unpaired) electrons. The molecule has 0 aliphatic carbocycles. The Morgan fingerprint density at radius 1 is 1.38 bits per heavy atom. The van der Waals surface area contributed by atoms with E-state index < -0.39 is 0 Å². The van der Waals surface area contributed by atoms with E-state index in [1.807, 2.05) is 13.8 Å². The number of urea groups is 1. The predicted molar refractivity (Wildman–Crippen MR) is 81.9 cm³/mol. The van der Waals surface area contributed by atoms with Crippen molar-refractivity contribution in [3.63, 3.8) is 0 Å². The molecule has 0 aromatic heterocycles. The van der Waals surface area contributed by atoms with E-state index in [9.17, 15) is 9.59 Å². The van der Waals surface area contributed by atoms with Crippen LogP contribution < -0.4 is 20.3 Å². The molecule has 0 spiro atoms. The lowest BCUT2D eigenvalue weighted by molar-refractivity contribution is -0.117. The van der Waals surface area contributed by atoms with Gasteiger partial charge in [-0.05, 0) is 38.5 Å². The topological polar surface area (TPSA) is 70.7 Å². The summed E-state index contributed by atoms with van der Waals surface area (Å²) in [7, 11) is 1.57. The molecule has 0 saturated carbocycles. The molecule has 1 aliphatic rings. The molecular formula is C15H21N3O3. The highest BCUT2D eigenvalue weighted by atomic mass is 16.5. The number of hydrogen-bond donors (Lipinski definition) is 2. The highest BCUT2D eigenvalue weighted by Gasteiger charge is 2.24. The molecule has 0 atom stereocenters. The number of hydrogen-bond acceptors (Lipinski definition) is 3. The van der Waals surface area contributed by atoms with Crippen molar-refractivity contribution >= 4 is 23.3 Å². The van der Waals surface area contributed by atoms with Gasteiger partial charge in [0.2, 0.25) is 5.91 Å². The first-order valence-corrected chi connectivity index (χ1v) is 7.07. The molecule has 2 rings (SSSR count). The largest absolute Gasteiger partial charge is 0.495 e. The summed E-state index contributed by atoms with van der Waals surface area (Å²) in [4.78, 5) is 25.3. The normalized spacial score (nSPS) is 14.5. The molecular weight excluding hydrogens is 270 g/mol. The molecule has 1 aromatic rings. The number of ether oxygens (including phenoxy) is 1. The molecule has 0 unspecified atom stereocenters. The zero-order chi connectivity index (χ0) is 15.4. The summed E-state index contributed by atoms with van der Waals surface area (Å²) in [6.07, 6.45) is 1.39. The van der Waals surface area contributed by atoms with Crippen molar-refractivity contribution in [3.8, 4) is 5.75 Å². The van der Waals surface area contributed by atoms with Crippen LogP contribution in [0.15, 0.2) is 18.2 Å². The Balaban J connectivity index is 2.21. The fourth-order valence-electron chi connectivity index (χ4n) is 2.31.